The maximum atomic E-state index is 11.4. The lowest BCUT2D eigenvalue weighted by molar-refractivity contribution is 0.0535. The van der Waals surface area contributed by atoms with E-state index in [9.17, 15) is 4.79 Å². The summed E-state index contributed by atoms with van der Waals surface area (Å²) in [6.45, 7) is 4.99. The summed E-state index contributed by atoms with van der Waals surface area (Å²) in [4.78, 5) is 14.0. The number of fused-ring (bicyclic) bond motifs is 1. The van der Waals surface area contributed by atoms with Crippen molar-refractivity contribution in [2.45, 2.75) is 25.0 Å². The lowest BCUT2D eigenvalue weighted by Gasteiger charge is -2.27. The summed E-state index contributed by atoms with van der Waals surface area (Å²) in [5, 5.41) is 3.40. The molecule has 1 N–H and O–H groups in total. The molecule has 1 aromatic rings. The highest BCUT2D eigenvalue weighted by atomic mass is 16.5. The highest BCUT2D eigenvalue weighted by Gasteiger charge is 2.43. The zero-order chi connectivity index (χ0) is 12.8. The first-order valence-corrected chi connectivity index (χ1v) is 7.07. The largest absolute Gasteiger partial charge is 0.457 e. The van der Waals surface area contributed by atoms with E-state index in [2.05, 4.69) is 22.3 Å². The number of carbonyl (C=O) groups excluding carboxylic acids is 1. The van der Waals surface area contributed by atoms with Crippen LogP contribution in [0.2, 0.25) is 0 Å². The van der Waals surface area contributed by atoms with E-state index in [4.69, 9.17) is 4.74 Å². The first kappa shape index (κ1) is 11.4. The molecule has 100 valence electrons. The van der Waals surface area contributed by atoms with Gasteiger partial charge in [0.2, 0.25) is 0 Å². The van der Waals surface area contributed by atoms with Gasteiger partial charge in [-0.1, -0.05) is 12.1 Å². The number of ether oxygens (including phenoxy) is 1. The molecule has 0 amide bonds. The van der Waals surface area contributed by atoms with Gasteiger partial charge in [0.15, 0.2) is 0 Å². The normalized spacial score (nSPS) is 30.0. The summed E-state index contributed by atoms with van der Waals surface area (Å²) >= 11 is 0. The SMILES string of the molecule is O=C1OCc2cc([C@H]3C[C@@H]3N3CCNCC3)ccc21. The molecular weight excluding hydrogens is 240 g/mol. The smallest absolute Gasteiger partial charge is 0.338 e. The van der Waals surface area contributed by atoms with Gasteiger partial charge in [0.05, 0.1) is 5.56 Å². The van der Waals surface area contributed by atoms with Crippen LogP contribution in [0.3, 0.4) is 0 Å². The third-order valence-electron chi connectivity index (χ3n) is 4.51. The van der Waals surface area contributed by atoms with Gasteiger partial charge in [-0.25, -0.2) is 4.79 Å². The zero-order valence-electron chi connectivity index (χ0n) is 10.9. The number of piperazine rings is 1. The van der Waals surface area contributed by atoms with Gasteiger partial charge in [0.1, 0.15) is 6.61 Å². The van der Waals surface area contributed by atoms with E-state index in [0.29, 0.717) is 18.6 Å². The van der Waals surface area contributed by atoms with Gasteiger partial charge >= 0.3 is 5.97 Å². The molecule has 0 spiro atoms. The third-order valence-corrected chi connectivity index (χ3v) is 4.51. The van der Waals surface area contributed by atoms with Gasteiger partial charge in [0.25, 0.3) is 0 Å². The number of cyclic esters (lactones) is 1. The molecule has 0 radical (unpaired) electrons. The molecule has 19 heavy (non-hydrogen) atoms. The van der Waals surface area contributed by atoms with Crippen molar-refractivity contribution >= 4 is 5.97 Å². The summed E-state index contributed by atoms with van der Waals surface area (Å²) in [7, 11) is 0. The van der Waals surface area contributed by atoms with E-state index in [1.807, 2.05) is 6.07 Å². The summed E-state index contributed by atoms with van der Waals surface area (Å²) in [6.07, 6.45) is 1.26. The molecular formula is C15H18N2O2. The fraction of sp³-hybridized carbons (Fsp3) is 0.533. The van der Waals surface area contributed by atoms with E-state index >= 15 is 0 Å². The summed E-state index contributed by atoms with van der Waals surface area (Å²) in [6, 6.07) is 6.93. The standard InChI is InChI=1S/C15H18N2O2/c18-15-12-2-1-10(7-11(12)9-19-15)13-8-14(13)17-5-3-16-4-6-17/h1-2,7,13-14,16H,3-6,8-9H2/t13-,14+/m1/s1. The lowest BCUT2D eigenvalue weighted by atomic mass is 10.0. The molecule has 1 saturated heterocycles. The maximum Gasteiger partial charge on any atom is 0.338 e. The fourth-order valence-corrected chi connectivity index (χ4v) is 3.34. The first-order chi connectivity index (χ1) is 9.33. The molecule has 2 aliphatic heterocycles. The minimum absolute atomic E-state index is 0.170. The topological polar surface area (TPSA) is 41.6 Å². The van der Waals surface area contributed by atoms with Crippen LogP contribution in [0.1, 0.15) is 33.8 Å². The van der Waals surface area contributed by atoms with Crippen molar-refractivity contribution in [1.82, 2.24) is 10.2 Å². The molecule has 4 heteroatoms. The number of carbonyl (C=O) groups is 1. The number of rotatable bonds is 2. The Labute approximate surface area is 112 Å². The van der Waals surface area contributed by atoms with Crippen molar-refractivity contribution in [3.8, 4) is 0 Å². The molecule has 2 atom stereocenters. The molecule has 4 nitrogen and oxygen atoms in total. The minimum atomic E-state index is -0.170. The minimum Gasteiger partial charge on any atom is -0.457 e. The van der Waals surface area contributed by atoms with Crippen molar-refractivity contribution < 1.29 is 9.53 Å². The van der Waals surface area contributed by atoms with Crippen molar-refractivity contribution in [2.75, 3.05) is 26.2 Å². The molecule has 2 fully saturated rings. The van der Waals surface area contributed by atoms with E-state index in [0.717, 1.165) is 37.3 Å². The van der Waals surface area contributed by atoms with Crippen LogP contribution in [0.4, 0.5) is 0 Å². The van der Waals surface area contributed by atoms with Crippen LogP contribution in [-0.4, -0.2) is 43.1 Å². The second-order valence-corrected chi connectivity index (χ2v) is 5.69. The Balaban J connectivity index is 1.51. The molecule has 0 unspecified atom stereocenters. The Morgan fingerprint density at radius 1 is 1.26 bits per heavy atom. The van der Waals surface area contributed by atoms with E-state index in [1.165, 1.54) is 12.0 Å². The summed E-state index contributed by atoms with van der Waals surface area (Å²) < 4.78 is 5.06. The molecule has 3 aliphatic rings. The molecule has 0 bridgehead atoms. The van der Waals surface area contributed by atoms with E-state index in [-0.39, 0.29) is 5.97 Å². The van der Waals surface area contributed by atoms with Crippen molar-refractivity contribution in [3.05, 3.63) is 34.9 Å². The Bertz CT molecular complexity index is 523. The Morgan fingerprint density at radius 2 is 2.11 bits per heavy atom. The number of nitrogens with zero attached hydrogens (tertiary/aromatic N) is 1. The average molecular weight is 258 g/mol. The number of benzene rings is 1. The fourth-order valence-electron chi connectivity index (χ4n) is 3.34. The summed E-state index contributed by atoms with van der Waals surface area (Å²) in [5.41, 5.74) is 3.19. The molecule has 1 aromatic carbocycles. The van der Waals surface area contributed by atoms with Crippen LogP contribution in [0, 0.1) is 0 Å². The van der Waals surface area contributed by atoms with E-state index in [1.54, 1.807) is 0 Å². The van der Waals surface area contributed by atoms with Crippen LogP contribution in [-0.2, 0) is 11.3 Å². The lowest BCUT2D eigenvalue weighted by Crippen LogP contribution is -2.44. The quantitative estimate of drug-likeness (QED) is 0.807. The highest BCUT2D eigenvalue weighted by molar-refractivity contribution is 5.93. The van der Waals surface area contributed by atoms with Crippen LogP contribution >= 0.6 is 0 Å². The summed E-state index contributed by atoms with van der Waals surface area (Å²) in [5.74, 6) is 0.482. The van der Waals surface area contributed by atoms with E-state index < -0.39 is 0 Å². The van der Waals surface area contributed by atoms with Crippen LogP contribution in [0.5, 0.6) is 0 Å². The highest BCUT2D eigenvalue weighted by Crippen LogP contribution is 2.45. The molecule has 0 aromatic heterocycles. The first-order valence-electron chi connectivity index (χ1n) is 7.07. The van der Waals surface area contributed by atoms with Crippen LogP contribution in [0.25, 0.3) is 0 Å². The third kappa shape index (κ3) is 1.95. The van der Waals surface area contributed by atoms with Gasteiger partial charge in [-0.15, -0.1) is 0 Å². The van der Waals surface area contributed by atoms with Crippen molar-refractivity contribution in [1.29, 1.82) is 0 Å². The predicted molar refractivity (Wildman–Crippen MR) is 71.2 cm³/mol. The van der Waals surface area contributed by atoms with Crippen molar-refractivity contribution in [2.24, 2.45) is 0 Å². The predicted octanol–water partition coefficient (Wildman–Crippen LogP) is 1.12. The van der Waals surface area contributed by atoms with Gasteiger partial charge < -0.3 is 10.1 Å². The molecule has 1 aliphatic carbocycles. The van der Waals surface area contributed by atoms with Crippen LogP contribution in [0.15, 0.2) is 18.2 Å². The van der Waals surface area contributed by atoms with Gasteiger partial charge in [-0.05, 0) is 18.1 Å². The second kappa shape index (κ2) is 4.32. The second-order valence-electron chi connectivity index (χ2n) is 5.69. The number of nitrogens with one attached hydrogen (secondary N) is 1. The Hall–Kier alpha value is -1.39. The maximum absolute atomic E-state index is 11.4. The Morgan fingerprint density at radius 3 is 2.95 bits per heavy atom. The molecule has 1 saturated carbocycles. The molecule has 2 heterocycles. The van der Waals surface area contributed by atoms with Gasteiger partial charge in [0, 0.05) is 43.7 Å². The van der Waals surface area contributed by atoms with Crippen LogP contribution < -0.4 is 5.32 Å². The van der Waals surface area contributed by atoms with Crippen molar-refractivity contribution in [3.63, 3.8) is 0 Å². The monoisotopic (exact) mass is 258 g/mol. The van der Waals surface area contributed by atoms with Gasteiger partial charge in [-0.2, -0.15) is 0 Å². The average Bonchev–Trinajstić information content (AvgIpc) is 3.19. The number of hydrogen-bond acceptors (Lipinski definition) is 4. The number of esters is 1. The Kier molecular flexibility index (Phi) is 2.60. The molecule has 4 rings (SSSR count). The number of hydrogen-bond donors (Lipinski definition) is 1. The van der Waals surface area contributed by atoms with Gasteiger partial charge in [-0.3, -0.25) is 4.90 Å². The zero-order valence-corrected chi connectivity index (χ0v) is 10.9.